The lowest BCUT2D eigenvalue weighted by atomic mass is 9.94. The minimum atomic E-state index is -0.278. The summed E-state index contributed by atoms with van der Waals surface area (Å²) >= 11 is 0. The number of likely N-dealkylation sites (tertiary alicyclic amines) is 1. The van der Waals surface area contributed by atoms with Crippen molar-refractivity contribution < 1.29 is 14.3 Å². The molecule has 4 rings (SSSR count). The van der Waals surface area contributed by atoms with E-state index >= 15 is 0 Å². The van der Waals surface area contributed by atoms with Crippen LogP contribution in [0.3, 0.4) is 0 Å². The van der Waals surface area contributed by atoms with Gasteiger partial charge < -0.3 is 14.4 Å². The molecule has 2 aliphatic heterocycles. The van der Waals surface area contributed by atoms with E-state index in [1.807, 2.05) is 23.1 Å². The number of rotatable bonds is 2. The second-order valence-electron chi connectivity index (χ2n) is 5.94. The molecule has 0 unspecified atom stereocenters. The molecule has 0 radical (unpaired) electrons. The standard InChI is InChI=1S/C16H19NO3/c18-15(17-7-1-2-8-17)16(5-6-16)12-3-4-13-14(11-12)20-10-9-19-13/h3-4,11H,1-2,5-10H2. The van der Waals surface area contributed by atoms with Gasteiger partial charge in [-0.1, -0.05) is 6.07 Å². The van der Waals surface area contributed by atoms with Gasteiger partial charge in [-0.15, -0.1) is 0 Å². The molecule has 2 heterocycles. The van der Waals surface area contributed by atoms with E-state index in [0.29, 0.717) is 19.1 Å². The molecule has 0 bridgehead atoms. The molecule has 0 atom stereocenters. The highest BCUT2D eigenvalue weighted by atomic mass is 16.6. The fourth-order valence-electron chi connectivity index (χ4n) is 3.31. The largest absolute Gasteiger partial charge is 0.486 e. The molecular formula is C16H19NO3. The topological polar surface area (TPSA) is 38.8 Å². The number of benzene rings is 1. The molecule has 1 aromatic rings. The van der Waals surface area contributed by atoms with Crippen LogP contribution in [-0.2, 0) is 10.2 Å². The molecule has 0 aromatic heterocycles. The molecule has 4 heteroatoms. The van der Waals surface area contributed by atoms with Crippen molar-refractivity contribution in [3.63, 3.8) is 0 Å². The van der Waals surface area contributed by atoms with Crippen LogP contribution in [0.25, 0.3) is 0 Å². The number of hydrogen-bond acceptors (Lipinski definition) is 3. The van der Waals surface area contributed by atoms with Crippen LogP contribution in [0.4, 0.5) is 0 Å². The first-order valence-corrected chi connectivity index (χ1v) is 7.49. The van der Waals surface area contributed by atoms with Gasteiger partial charge in [-0.3, -0.25) is 4.79 Å². The zero-order chi connectivity index (χ0) is 13.6. The highest BCUT2D eigenvalue weighted by Gasteiger charge is 2.53. The predicted molar refractivity (Wildman–Crippen MR) is 74.2 cm³/mol. The van der Waals surface area contributed by atoms with Crippen LogP contribution in [-0.4, -0.2) is 37.1 Å². The summed E-state index contributed by atoms with van der Waals surface area (Å²) < 4.78 is 11.2. The molecule has 4 nitrogen and oxygen atoms in total. The first-order valence-electron chi connectivity index (χ1n) is 7.49. The summed E-state index contributed by atoms with van der Waals surface area (Å²) in [5.41, 5.74) is 0.818. The lowest BCUT2D eigenvalue weighted by Crippen LogP contribution is -2.37. The number of hydrogen-bond donors (Lipinski definition) is 0. The maximum absolute atomic E-state index is 12.8. The highest BCUT2D eigenvalue weighted by molar-refractivity contribution is 5.91. The second kappa shape index (κ2) is 4.40. The first-order chi connectivity index (χ1) is 9.79. The summed E-state index contributed by atoms with van der Waals surface area (Å²) in [4.78, 5) is 14.8. The molecule has 1 amide bonds. The molecule has 3 aliphatic rings. The molecule has 106 valence electrons. The fourth-order valence-corrected chi connectivity index (χ4v) is 3.31. The molecule has 1 aliphatic carbocycles. The summed E-state index contributed by atoms with van der Waals surface area (Å²) in [6, 6.07) is 5.99. The summed E-state index contributed by atoms with van der Waals surface area (Å²) in [6.45, 7) is 3.03. The van der Waals surface area contributed by atoms with Gasteiger partial charge in [0.25, 0.3) is 0 Å². The number of carbonyl (C=O) groups is 1. The molecule has 1 aromatic carbocycles. The van der Waals surface area contributed by atoms with E-state index in [4.69, 9.17) is 9.47 Å². The Kier molecular flexibility index (Phi) is 2.65. The minimum absolute atomic E-state index is 0.278. The zero-order valence-corrected chi connectivity index (χ0v) is 11.6. The Morgan fingerprint density at radius 2 is 1.75 bits per heavy atom. The Morgan fingerprint density at radius 3 is 2.45 bits per heavy atom. The van der Waals surface area contributed by atoms with Gasteiger partial charge in [0.1, 0.15) is 13.2 Å². The van der Waals surface area contributed by atoms with E-state index in [-0.39, 0.29) is 5.41 Å². The van der Waals surface area contributed by atoms with Crippen LogP contribution in [0.2, 0.25) is 0 Å². The maximum Gasteiger partial charge on any atom is 0.233 e. The third-order valence-corrected chi connectivity index (χ3v) is 4.65. The molecule has 1 saturated carbocycles. The number of ether oxygens (including phenoxy) is 2. The Morgan fingerprint density at radius 1 is 1.05 bits per heavy atom. The van der Waals surface area contributed by atoms with Gasteiger partial charge in [0, 0.05) is 13.1 Å². The maximum atomic E-state index is 12.8. The fraction of sp³-hybridized carbons (Fsp3) is 0.562. The van der Waals surface area contributed by atoms with Crippen molar-refractivity contribution in [2.45, 2.75) is 31.1 Å². The third kappa shape index (κ3) is 1.78. The van der Waals surface area contributed by atoms with E-state index in [1.54, 1.807) is 0 Å². The van der Waals surface area contributed by atoms with Crippen molar-refractivity contribution in [3.05, 3.63) is 23.8 Å². The Hall–Kier alpha value is -1.71. The average molecular weight is 273 g/mol. The van der Waals surface area contributed by atoms with Crippen molar-refractivity contribution in [2.24, 2.45) is 0 Å². The van der Waals surface area contributed by atoms with Gasteiger partial charge in [-0.25, -0.2) is 0 Å². The Balaban J connectivity index is 1.64. The van der Waals surface area contributed by atoms with Crippen molar-refractivity contribution in [1.82, 2.24) is 4.90 Å². The zero-order valence-electron chi connectivity index (χ0n) is 11.6. The van der Waals surface area contributed by atoms with Crippen LogP contribution in [0, 0.1) is 0 Å². The molecule has 20 heavy (non-hydrogen) atoms. The third-order valence-electron chi connectivity index (χ3n) is 4.65. The van der Waals surface area contributed by atoms with E-state index in [9.17, 15) is 4.79 Å². The van der Waals surface area contributed by atoms with E-state index in [0.717, 1.165) is 55.8 Å². The number of fused-ring (bicyclic) bond motifs is 1. The van der Waals surface area contributed by atoms with Crippen molar-refractivity contribution in [2.75, 3.05) is 26.3 Å². The number of nitrogens with zero attached hydrogens (tertiary/aromatic N) is 1. The lowest BCUT2D eigenvalue weighted by molar-refractivity contribution is -0.132. The molecule has 2 fully saturated rings. The SMILES string of the molecule is O=C(N1CCCC1)C1(c2ccc3c(c2)OCCO3)CC1. The quantitative estimate of drug-likeness (QED) is 0.828. The van der Waals surface area contributed by atoms with Crippen molar-refractivity contribution >= 4 is 5.91 Å². The smallest absolute Gasteiger partial charge is 0.233 e. The average Bonchev–Trinajstić information content (AvgIpc) is 3.13. The van der Waals surface area contributed by atoms with Crippen LogP contribution in [0.1, 0.15) is 31.2 Å². The Bertz CT molecular complexity index is 545. The summed E-state index contributed by atoms with van der Waals surface area (Å²) in [7, 11) is 0. The van der Waals surface area contributed by atoms with Gasteiger partial charge in [0.15, 0.2) is 11.5 Å². The molecule has 0 spiro atoms. The molecule has 1 saturated heterocycles. The number of carbonyl (C=O) groups excluding carboxylic acids is 1. The van der Waals surface area contributed by atoms with E-state index in [2.05, 4.69) is 0 Å². The normalized spacial score (nSPS) is 22.7. The number of amides is 1. The van der Waals surface area contributed by atoms with Crippen LogP contribution >= 0.6 is 0 Å². The van der Waals surface area contributed by atoms with Crippen molar-refractivity contribution in [3.8, 4) is 11.5 Å². The van der Waals surface area contributed by atoms with Crippen molar-refractivity contribution in [1.29, 1.82) is 0 Å². The van der Waals surface area contributed by atoms with E-state index in [1.165, 1.54) is 0 Å². The van der Waals surface area contributed by atoms with Gasteiger partial charge in [0.2, 0.25) is 5.91 Å². The summed E-state index contributed by atoms with van der Waals surface area (Å²) in [5, 5.41) is 0. The van der Waals surface area contributed by atoms with Gasteiger partial charge in [0.05, 0.1) is 5.41 Å². The predicted octanol–water partition coefficient (Wildman–Crippen LogP) is 2.11. The van der Waals surface area contributed by atoms with Crippen LogP contribution in [0.5, 0.6) is 11.5 Å². The van der Waals surface area contributed by atoms with Gasteiger partial charge in [-0.05, 0) is 43.4 Å². The molecule has 0 N–H and O–H groups in total. The van der Waals surface area contributed by atoms with Gasteiger partial charge in [-0.2, -0.15) is 0 Å². The first kappa shape index (κ1) is 12.1. The molecular weight excluding hydrogens is 254 g/mol. The minimum Gasteiger partial charge on any atom is -0.486 e. The van der Waals surface area contributed by atoms with Gasteiger partial charge >= 0.3 is 0 Å². The van der Waals surface area contributed by atoms with Crippen LogP contribution < -0.4 is 9.47 Å². The second-order valence-corrected chi connectivity index (χ2v) is 5.94. The Labute approximate surface area is 118 Å². The summed E-state index contributed by atoms with van der Waals surface area (Å²) in [5.74, 6) is 1.89. The van der Waals surface area contributed by atoms with Crippen LogP contribution in [0.15, 0.2) is 18.2 Å². The monoisotopic (exact) mass is 273 g/mol. The highest BCUT2D eigenvalue weighted by Crippen LogP contribution is 2.51. The van der Waals surface area contributed by atoms with E-state index < -0.39 is 0 Å². The lowest BCUT2D eigenvalue weighted by Gasteiger charge is -2.25. The summed E-state index contributed by atoms with van der Waals surface area (Å²) in [6.07, 6.45) is 4.20.